The SMILES string of the molecule is COc1ccc(C=NC2=NNC(=O)/C2=C\c2c(C)nn(-c3ccccc3)c2Cl)cc1. The van der Waals surface area contributed by atoms with Crippen molar-refractivity contribution in [1.29, 1.82) is 0 Å². The van der Waals surface area contributed by atoms with E-state index in [1.54, 1.807) is 24.1 Å². The highest BCUT2D eigenvalue weighted by Gasteiger charge is 2.24. The Morgan fingerprint density at radius 1 is 1.13 bits per heavy atom. The summed E-state index contributed by atoms with van der Waals surface area (Å²) in [5.74, 6) is 0.682. The molecular formula is C22H18ClN5O2. The van der Waals surface area contributed by atoms with Crippen LogP contribution < -0.4 is 10.2 Å². The fourth-order valence-electron chi connectivity index (χ4n) is 2.94. The van der Waals surface area contributed by atoms with Crippen LogP contribution in [0.15, 0.2) is 70.3 Å². The number of nitrogens with one attached hydrogen (secondary N) is 1. The van der Waals surface area contributed by atoms with Gasteiger partial charge in [-0.2, -0.15) is 10.2 Å². The molecule has 1 aromatic heterocycles. The molecule has 30 heavy (non-hydrogen) atoms. The minimum Gasteiger partial charge on any atom is -0.497 e. The lowest BCUT2D eigenvalue weighted by atomic mass is 10.1. The van der Waals surface area contributed by atoms with Crippen molar-refractivity contribution in [3.05, 3.63) is 82.1 Å². The number of aryl methyl sites for hydroxylation is 1. The second kappa shape index (κ2) is 8.34. The molecule has 4 rings (SSSR count). The second-order valence-electron chi connectivity index (χ2n) is 6.50. The van der Waals surface area contributed by atoms with Gasteiger partial charge in [0, 0.05) is 11.8 Å². The summed E-state index contributed by atoms with van der Waals surface area (Å²) >= 11 is 6.57. The van der Waals surface area contributed by atoms with Crippen LogP contribution in [0.25, 0.3) is 11.8 Å². The van der Waals surface area contributed by atoms with E-state index in [0.29, 0.717) is 22.0 Å². The van der Waals surface area contributed by atoms with Gasteiger partial charge in [0.15, 0.2) is 5.84 Å². The van der Waals surface area contributed by atoms with Gasteiger partial charge in [-0.05, 0) is 55.0 Å². The number of ether oxygens (including phenoxy) is 1. The molecule has 0 aliphatic carbocycles. The number of hydrogen-bond acceptors (Lipinski definition) is 5. The molecule has 0 bridgehead atoms. The Hall–Kier alpha value is -3.71. The van der Waals surface area contributed by atoms with Crippen molar-refractivity contribution in [1.82, 2.24) is 15.2 Å². The highest BCUT2D eigenvalue weighted by Crippen LogP contribution is 2.26. The molecule has 0 saturated heterocycles. The van der Waals surface area contributed by atoms with E-state index in [1.165, 1.54) is 0 Å². The average molecular weight is 420 g/mol. The number of carbonyl (C=O) groups excluding carboxylic acids is 1. The molecule has 0 fully saturated rings. The largest absolute Gasteiger partial charge is 0.497 e. The number of nitrogens with zero attached hydrogens (tertiary/aromatic N) is 4. The van der Waals surface area contributed by atoms with Gasteiger partial charge in [-0.15, -0.1) is 0 Å². The lowest BCUT2D eigenvalue weighted by Crippen LogP contribution is -2.12. The highest BCUT2D eigenvalue weighted by molar-refractivity contribution is 6.33. The van der Waals surface area contributed by atoms with E-state index in [-0.39, 0.29) is 11.7 Å². The van der Waals surface area contributed by atoms with Gasteiger partial charge in [0.2, 0.25) is 0 Å². The van der Waals surface area contributed by atoms with Crippen LogP contribution in [0, 0.1) is 6.92 Å². The molecule has 7 nitrogen and oxygen atoms in total. The standard InChI is InChI=1S/C22H18ClN5O2/c1-14-18(20(23)28(27-14)16-6-4-3-5-7-16)12-19-21(25-26-22(19)29)24-13-15-8-10-17(30-2)11-9-15/h3-13H,1-2H3,(H,26,29)/b19-12-,24-13?. The molecule has 0 saturated carbocycles. The summed E-state index contributed by atoms with van der Waals surface area (Å²) in [7, 11) is 1.61. The van der Waals surface area contributed by atoms with Crippen LogP contribution in [-0.2, 0) is 4.79 Å². The third-order valence-electron chi connectivity index (χ3n) is 4.54. The number of hydrazone groups is 1. The van der Waals surface area contributed by atoms with E-state index in [9.17, 15) is 4.79 Å². The van der Waals surface area contributed by atoms with Crippen molar-refractivity contribution < 1.29 is 9.53 Å². The number of benzene rings is 2. The molecule has 0 radical (unpaired) electrons. The van der Waals surface area contributed by atoms with Gasteiger partial charge in [-0.25, -0.2) is 15.1 Å². The molecule has 0 spiro atoms. The third-order valence-corrected chi connectivity index (χ3v) is 4.90. The predicted octanol–water partition coefficient (Wildman–Crippen LogP) is 3.79. The number of hydrogen-bond donors (Lipinski definition) is 1. The van der Waals surface area contributed by atoms with Gasteiger partial charge in [-0.1, -0.05) is 29.8 Å². The maximum atomic E-state index is 12.3. The summed E-state index contributed by atoms with van der Waals surface area (Å²) in [6.45, 7) is 1.84. The van der Waals surface area contributed by atoms with Crippen LogP contribution in [0.5, 0.6) is 5.75 Å². The summed E-state index contributed by atoms with van der Waals surface area (Å²) in [6.07, 6.45) is 3.30. The Balaban J connectivity index is 1.65. The van der Waals surface area contributed by atoms with E-state index >= 15 is 0 Å². The molecule has 2 aromatic carbocycles. The van der Waals surface area contributed by atoms with Gasteiger partial charge in [-0.3, -0.25) is 4.79 Å². The zero-order chi connectivity index (χ0) is 21.1. The van der Waals surface area contributed by atoms with E-state index in [2.05, 4.69) is 20.6 Å². The molecule has 1 amide bonds. The number of amides is 1. The third kappa shape index (κ3) is 3.88. The Kier molecular flexibility index (Phi) is 5.45. The molecule has 3 aromatic rings. The normalized spacial score (nSPS) is 15.0. The first-order valence-electron chi connectivity index (χ1n) is 9.15. The first-order chi connectivity index (χ1) is 14.6. The van der Waals surface area contributed by atoms with Gasteiger partial charge in [0.05, 0.1) is 24.1 Å². The lowest BCUT2D eigenvalue weighted by molar-refractivity contribution is -0.116. The molecular weight excluding hydrogens is 402 g/mol. The second-order valence-corrected chi connectivity index (χ2v) is 6.86. The van der Waals surface area contributed by atoms with Crippen LogP contribution in [0.3, 0.4) is 0 Å². The van der Waals surface area contributed by atoms with E-state index in [4.69, 9.17) is 16.3 Å². The van der Waals surface area contributed by atoms with Crippen LogP contribution in [-0.4, -0.2) is 34.8 Å². The molecule has 1 aliphatic heterocycles. The summed E-state index contributed by atoms with van der Waals surface area (Å²) in [4.78, 5) is 16.7. The lowest BCUT2D eigenvalue weighted by Gasteiger charge is -2.02. The van der Waals surface area contributed by atoms with Crippen LogP contribution in [0.2, 0.25) is 5.15 Å². The first kappa shape index (κ1) is 19.6. The monoisotopic (exact) mass is 419 g/mol. The van der Waals surface area contributed by atoms with Crippen molar-refractivity contribution in [2.24, 2.45) is 10.1 Å². The number of aromatic nitrogens is 2. The van der Waals surface area contributed by atoms with Crippen molar-refractivity contribution in [2.45, 2.75) is 6.92 Å². The fourth-order valence-corrected chi connectivity index (χ4v) is 3.27. The number of methoxy groups -OCH3 is 1. The predicted molar refractivity (Wildman–Crippen MR) is 117 cm³/mol. The molecule has 0 unspecified atom stereocenters. The number of aliphatic imine (C=N–C) groups is 1. The van der Waals surface area contributed by atoms with Crippen LogP contribution >= 0.6 is 11.6 Å². The quantitative estimate of drug-likeness (QED) is 0.516. The zero-order valence-electron chi connectivity index (χ0n) is 16.3. The molecule has 1 aliphatic rings. The summed E-state index contributed by atoms with van der Waals surface area (Å²) in [6, 6.07) is 16.9. The van der Waals surface area contributed by atoms with Crippen molar-refractivity contribution in [3.63, 3.8) is 0 Å². The van der Waals surface area contributed by atoms with Crippen LogP contribution in [0.4, 0.5) is 0 Å². The highest BCUT2D eigenvalue weighted by atomic mass is 35.5. The van der Waals surface area contributed by atoms with Gasteiger partial charge < -0.3 is 4.74 Å². The smallest absolute Gasteiger partial charge is 0.275 e. The number of para-hydroxylation sites is 1. The van der Waals surface area contributed by atoms with Gasteiger partial charge in [0.25, 0.3) is 5.91 Å². The van der Waals surface area contributed by atoms with Gasteiger partial charge in [0.1, 0.15) is 10.9 Å². The first-order valence-corrected chi connectivity index (χ1v) is 9.53. The molecule has 8 heteroatoms. The molecule has 0 atom stereocenters. The fraction of sp³-hybridized carbons (Fsp3) is 0.0909. The topological polar surface area (TPSA) is 80.9 Å². The molecule has 1 N–H and O–H groups in total. The number of rotatable bonds is 4. The van der Waals surface area contributed by atoms with Crippen molar-refractivity contribution in [3.8, 4) is 11.4 Å². The Bertz CT molecular complexity index is 1180. The average Bonchev–Trinajstić information content (AvgIpc) is 3.27. The van der Waals surface area contributed by atoms with Gasteiger partial charge >= 0.3 is 0 Å². The Morgan fingerprint density at radius 2 is 1.87 bits per heavy atom. The number of amidine groups is 1. The molecule has 2 heterocycles. The maximum absolute atomic E-state index is 12.3. The number of carbonyl (C=O) groups is 1. The van der Waals surface area contributed by atoms with Crippen molar-refractivity contribution >= 4 is 35.6 Å². The van der Waals surface area contributed by atoms with Crippen molar-refractivity contribution in [2.75, 3.05) is 7.11 Å². The Morgan fingerprint density at radius 3 is 2.57 bits per heavy atom. The Labute approximate surface area is 178 Å². The summed E-state index contributed by atoms with van der Waals surface area (Å²) < 4.78 is 6.78. The summed E-state index contributed by atoms with van der Waals surface area (Å²) in [5.41, 5.74) is 5.78. The van der Waals surface area contributed by atoms with E-state index in [1.807, 2.05) is 61.5 Å². The minimum absolute atomic E-state index is 0.277. The zero-order valence-corrected chi connectivity index (χ0v) is 17.1. The van der Waals surface area contributed by atoms with E-state index in [0.717, 1.165) is 17.0 Å². The molecule has 150 valence electrons. The maximum Gasteiger partial charge on any atom is 0.275 e. The van der Waals surface area contributed by atoms with Crippen LogP contribution in [0.1, 0.15) is 16.8 Å². The van der Waals surface area contributed by atoms with E-state index < -0.39 is 0 Å². The number of halogens is 1. The minimum atomic E-state index is -0.347. The summed E-state index contributed by atoms with van der Waals surface area (Å²) in [5, 5.41) is 8.93.